The lowest BCUT2D eigenvalue weighted by Gasteiger charge is -2.17. The molecule has 2 aromatic rings. The van der Waals surface area contributed by atoms with Crippen LogP contribution in [-0.2, 0) is 6.54 Å². The minimum absolute atomic E-state index is 0.0561. The Morgan fingerprint density at radius 2 is 1.95 bits per heavy atom. The summed E-state index contributed by atoms with van der Waals surface area (Å²) in [6, 6.07) is 13.1. The molecule has 0 aliphatic rings. The molecular weight excluding hydrogens is 405 g/mol. The van der Waals surface area contributed by atoms with Gasteiger partial charge in [-0.1, -0.05) is 39.7 Å². The van der Waals surface area contributed by atoms with Crippen LogP contribution < -0.4 is 0 Å². The van der Waals surface area contributed by atoms with Crippen molar-refractivity contribution >= 4 is 49.4 Å². The SMILES string of the molecule is CN(Cc1cccc(Br)c1)C(=O)c1ccc(Br)c(Cl)c1. The van der Waals surface area contributed by atoms with Crippen molar-refractivity contribution in [2.75, 3.05) is 7.05 Å². The Balaban J connectivity index is 2.14. The van der Waals surface area contributed by atoms with Gasteiger partial charge in [0.15, 0.2) is 0 Å². The molecule has 0 atom stereocenters. The van der Waals surface area contributed by atoms with Gasteiger partial charge in [-0.05, 0) is 51.8 Å². The Hall–Kier alpha value is -0.840. The first-order chi connectivity index (χ1) is 9.47. The quantitative estimate of drug-likeness (QED) is 0.677. The molecular formula is C15H12Br2ClNO. The molecule has 0 spiro atoms. The second-order valence-electron chi connectivity index (χ2n) is 4.42. The van der Waals surface area contributed by atoms with Gasteiger partial charge in [-0.15, -0.1) is 0 Å². The third kappa shape index (κ3) is 3.84. The highest BCUT2D eigenvalue weighted by molar-refractivity contribution is 9.10. The molecule has 2 aromatic carbocycles. The summed E-state index contributed by atoms with van der Waals surface area (Å²) >= 11 is 12.8. The summed E-state index contributed by atoms with van der Waals surface area (Å²) in [4.78, 5) is 14.0. The zero-order valence-electron chi connectivity index (χ0n) is 10.7. The molecule has 0 aliphatic carbocycles. The minimum Gasteiger partial charge on any atom is -0.337 e. The number of carbonyl (C=O) groups is 1. The van der Waals surface area contributed by atoms with Crippen molar-refractivity contribution in [3.8, 4) is 0 Å². The minimum atomic E-state index is -0.0561. The van der Waals surface area contributed by atoms with Crippen molar-refractivity contribution in [1.29, 1.82) is 0 Å². The van der Waals surface area contributed by atoms with Gasteiger partial charge in [-0.2, -0.15) is 0 Å². The summed E-state index contributed by atoms with van der Waals surface area (Å²) in [6.07, 6.45) is 0. The lowest BCUT2D eigenvalue weighted by atomic mass is 10.1. The lowest BCUT2D eigenvalue weighted by molar-refractivity contribution is 0.0785. The van der Waals surface area contributed by atoms with E-state index in [0.29, 0.717) is 17.1 Å². The standard InChI is InChI=1S/C15H12Br2ClNO/c1-19(9-10-3-2-4-12(16)7-10)15(20)11-5-6-13(17)14(18)8-11/h2-8H,9H2,1H3. The average Bonchev–Trinajstić information content (AvgIpc) is 2.41. The molecule has 0 saturated carbocycles. The Morgan fingerprint density at radius 1 is 1.20 bits per heavy atom. The van der Waals surface area contributed by atoms with E-state index in [1.165, 1.54) is 0 Å². The van der Waals surface area contributed by atoms with E-state index in [4.69, 9.17) is 11.6 Å². The van der Waals surface area contributed by atoms with Crippen LogP contribution >= 0.6 is 43.5 Å². The van der Waals surface area contributed by atoms with E-state index in [2.05, 4.69) is 31.9 Å². The smallest absolute Gasteiger partial charge is 0.253 e. The van der Waals surface area contributed by atoms with Gasteiger partial charge in [0.1, 0.15) is 0 Å². The van der Waals surface area contributed by atoms with Crippen LogP contribution in [0.3, 0.4) is 0 Å². The normalized spacial score (nSPS) is 10.4. The Bertz CT molecular complexity index is 646. The molecule has 0 N–H and O–H groups in total. The van der Waals surface area contributed by atoms with Gasteiger partial charge in [-0.3, -0.25) is 4.79 Å². The third-order valence-corrected chi connectivity index (χ3v) is 4.55. The molecule has 1 amide bonds. The predicted molar refractivity (Wildman–Crippen MR) is 89.1 cm³/mol. The molecule has 0 radical (unpaired) electrons. The number of amides is 1. The fourth-order valence-electron chi connectivity index (χ4n) is 1.83. The molecule has 0 unspecified atom stereocenters. The summed E-state index contributed by atoms with van der Waals surface area (Å²) in [7, 11) is 1.78. The third-order valence-electron chi connectivity index (χ3n) is 2.82. The zero-order valence-corrected chi connectivity index (χ0v) is 14.7. The monoisotopic (exact) mass is 415 g/mol. The Kier molecular flexibility index (Phi) is 5.24. The van der Waals surface area contributed by atoms with Gasteiger partial charge in [0.2, 0.25) is 0 Å². The fourth-order valence-corrected chi connectivity index (χ4v) is 2.70. The van der Waals surface area contributed by atoms with E-state index in [9.17, 15) is 4.79 Å². The number of hydrogen-bond donors (Lipinski definition) is 0. The molecule has 2 nitrogen and oxygen atoms in total. The van der Waals surface area contributed by atoms with Crippen molar-refractivity contribution in [3.63, 3.8) is 0 Å². The highest BCUT2D eigenvalue weighted by Gasteiger charge is 2.13. The van der Waals surface area contributed by atoms with Gasteiger partial charge >= 0.3 is 0 Å². The average molecular weight is 418 g/mol. The zero-order chi connectivity index (χ0) is 14.7. The highest BCUT2D eigenvalue weighted by Crippen LogP contribution is 2.24. The Labute approximate surface area is 140 Å². The second kappa shape index (κ2) is 6.74. The van der Waals surface area contributed by atoms with Crippen molar-refractivity contribution in [2.24, 2.45) is 0 Å². The van der Waals surface area contributed by atoms with Gasteiger partial charge < -0.3 is 4.90 Å². The van der Waals surface area contributed by atoms with Crippen LogP contribution in [0, 0.1) is 0 Å². The second-order valence-corrected chi connectivity index (χ2v) is 6.60. The first-order valence-corrected chi connectivity index (χ1v) is 7.89. The maximum absolute atomic E-state index is 12.3. The van der Waals surface area contributed by atoms with Crippen molar-refractivity contribution in [1.82, 2.24) is 4.90 Å². The summed E-state index contributed by atoms with van der Waals surface area (Å²) in [5.41, 5.74) is 1.65. The number of hydrogen-bond acceptors (Lipinski definition) is 1. The van der Waals surface area contributed by atoms with Crippen molar-refractivity contribution in [2.45, 2.75) is 6.54 Å². The van der Waals surface area contributed by atoms with E-state index in [-0.39, 0.29) is 5.91 Å². The summed E-state index contributed by atoms with van der Waals surface area (Å²) in [6.45, 7) is 0.548. The first kappa shape index (κ1) is 15.5. The van der Waals surface area contributed by atoms with Gasteiger partial charge in [0.25, 0.3) is 5.91 Å². The maximum Gasteiger partial charge on any atom is 0.253 e. The van der Waals surface area contributed by atoms with Crippen molar-refractivity contribution < 1.29 is 4.79 Å². The van der Waals surface area contributed by atoms with Gasteiger partial charge in [0, 0.05) is 28.1 Å². The topological polar surface area (TPSA) is 20.3 Å². The maximum atomic E-state index is 12.3. The summed E-state index contributed by atoms with van der Waals surface area (Å²) in [5.74, 6) is -0.0561. The molecule has 5 heteroatoms. The molecule has 0 bridgehead atoms. The van der Waals surface area contributed by atoms with E-state index in [0.717, 1.165) is 14.5 Å². The highest BCUT2D eigenvalue weighted by atomic mass is 79.9. The molecule has 104 valence electrons. The molecule has 0 heterocycles. The molecule has 0 saturated heterocycles. The number of benzene rings is 2. The molecule has 2 rings (SSSR count). The van der Waals surface area contributed by atoms with Crippen LogP contribution in [0.4, 0.5) is 0 Å². The number of nitrogens with zero attached hydrogens (tertiary/aromatic N) is 1. The van der Waals surface area contributed by atoms with Crippen LogP contribution in [0.1, 0.15) is 15.9 Å². The number of halogens is 3. The van der Waals surface area contributed by atoms with E-state index >= 15 is 0 Å². The van der Waals surface area contributed by atoms with E-state index in [1.54, 1.807) is 30.1 Å². The lowest BCUT2D eigenvalue weighted by Crippen LogP contribution is -2.26. The van der Waals surface area contributed by atoms with Crippen LogP contribution in [0.2, 0.25) is 5.02 Å². The molecule has 20 heavy (non-hydrogen) atoms. The van der Waals surface area contributed by atoms with Crippen molar-refractivity contribution in [3.05, 3.63) is 67.6 Å². The first-order valence-electron chi connectivity index (χ1n) is 5.92. The van der Waals surface area contributed by atoms with Gasteiger partial charge in [-0.25, -0.2) is 0 Å². The Morgan fingerprint density at radius 3 is 2.60 bits per heavy atom. The van der Waals surface area contributed by atoms with E-state index in [1.807, 2.05) is 24.3 Å². The summed E-state index contributed by atoms with van der Waals surface area (Å²) in [5, 5.41) is 0.534. The van der Waals surface area contributed by atoms with Gasteiger partial charge in [0.05, 0.1) is 5.02 Å². The van der Waals surface area contributed by atoms with Crippen LogP contribution in [0.25, 0.3) is 0 Å². The molecule has 0 fully saturated rings. The fraction of sp³-hybridized carbons (Fsp3) is 0.133. The number of rotatable bonds is 3. The van der Waals surface area contributed by atoms with Crippen LogP contribution in [0.15, 0.2) is 51.4 Å². The molecule has 0 aliphatic heterocycles. The van der Waals surface area contributed by atoms with Crippen LogP contribution in [0.5, 0.6) is 0 Å². The van der Waals surface area contributed by atoms with E-state index < -0.39 is 0 Å². The predicted octanol–water partition coefficient (Wildman–Crippen LogP) is 5.14. The summed E-state index contributed by atoms with van der Waals surface area (Å²) < 4.78 is 1.79. The molecule has 0 aromatic heterocycles. The number of carbonyl (C=O) groups excluding carboxylic acids is 1. The van der Waals surface area contributed by atoms with Crippen LogP contribution in [-0.4, -0.2) is 17.9 Å². The largest absolute Gasteiger partial charge is 0.337 e.